The van der Waals surface area contributed by atoms with Crippen LogP contribution < -0.4 is 14.8 Å². The van der Waals surface area contributed by atoms with E-state index in [2.05, 4.69) is 5.32 Å². The third-order valence-electron chi connectivity index (χ3n) is 6.33. The summed E-state index contributed by atoms with van der Waals surface area (Å²) in [7, 11) is 0. The Bertz CT molecular complexity index is 1440. The molecule has 0 aromatic heterocycles. The average molecular weight is 603 g/mol. The molecule has 2 amide bonds. The van der Waals surface area contributed by atoms with Crippen LogP contribution in [0.3, 0.4) is 0 Å². The molecule has 3 aromatic rings. The minimum Gasteiger partial charge on any atom is -0.484 e. The maximum absolute atomic E-state index is 13.3. The first-order chi connectivity index (χ1) is 21.3. The summed E-state index contributed by atoms with van der Waals surface area (Å²) >= 11 is 0. The lowest BCUT2D eigenvalue weighted by molar-refractivity contribution is -0.185. The number of nitrogens with zero attached hydrogens (tertiary/aromatic N) is 1. The van der Waals surface area contributed by atoms with Gasteiger partial charge >= 0.3 is 11.9 Å². The van der Waals surface area contributed by atoms with Gasteiger partial charge < -0.3 is 29.0 Å². The molecule has 0 aliphatic carbocycles. The highest BCUT2D eigenvalue weighted by Gasteiger charge is 2.52. The van der Waals surface area contributed by atoms with Crippen molar-refractivity contribution in [2.45, 2.75) is 32.7 Å². The molecule has 4 rings (SSSR count). The van der Waals surface area contributed by atoms with E-state index in [1.54, 1.807) is 62.4 Å². The third-order valence-corrected chi connectivity index (χ3v) is 6.33. The number of likely N-dealkylation sites (tertiary alicyclic amines) is 1. The van der Waals surface area contributed by atoms with Gasteiger partial charge in [-0.05, 0) is 49.2 Å². The van der Waals surface area contributed by atoms with E-state index < -0.39 is 36.0 Å². The fraction of sp³-hybridized carbons (Fsp3) is 0.273. The first kappa shape index (κ1) is 31.8. The van der Waals surface area contributed by atoms with E-state index >= 15 is 0 Å². The topological polar surface area (TPSA) is 130 Å². The highest BCUT2D eigenvalue weighted by atomic mass is 16.6. The minimum absolute atomic E-state index is 0.00199. The van der Waals surface area contributed by atoms with Crippen LogP contribution in [-0.2, 0) is 40.0 Å². The molecule has 1 aliphatic heterocycles. The van der Waals surface area contributed by atoms with Crippen LogP contribution in [0.25, 0.3) is 0 Å². The van der Waals surface area contributed by atoms with Gasteiger partial charge in [-0.15, -0.1) is 0 Å². The maximum Gasteiger partial charge on any atom is 0.355 e. The van der Waals surface area contributed by atoms with Crippen molar-refractivity contribution in [3.63, 3.8) is 0 Å². The standard InChI is InChI=1S/C33H34N2O9/c1-23(2)30(33(39)44-20-24-12-6-3-7-13-24)35-31(38)29(34-27(36)21-42-25-14-8-4-9-15-25)32(35)41-19-18-40-28(37)22-43-26-16-10-5-11-17-26/h3-17,29,32H,18-22H2,1-2H3,(H,34,36)/t29-,32+/m1/s1. The van der Waals surface area contributed by atoms with Gasteiger partial charge in [-0.25, -0.2) is 9.59 Å². The van der Waals surface area contributed by atoms with Crippen molar-refractivity contribution in [1.82, 2.24) is 10.2 Å². The zero-order chi connectivity index (χ0) is 31.3. The van der Waals surface area contributed by atoms with E-state index in [1.807, 2.05) is 42.5 Å². The lowest BCUT2D eigenvalue weighted by Gasteiger charge is -2.46. The number of hydrogen-bond donors (Lipinski definition) is 1. The number of carbonyl (C=O) groups is 4. The van der Waals surface area contributed by atoms with Crippen LogP contribution in [-0.4, -0.2) is 67.4 Å². The number of para-hydroxylation sites is 2. The van der Waals surface area contributed by atoms with Gasteiger partial charge in [-0.1, -0.05) is 66.7 Å². The van der Waals surface area contributed by atoms with Crippen LogP contribution >= 0.6 is 0 Å². The number of ether oxygens (including phenoxy) is 5. The Labute approximate surface area is 255 Å². The van der Waals surface area contributed by atoms with E-state index in [9.17, 15) is 19.2 Å². The molecule has 0 saturated carbocycles. The third kappa shape index (κ3) is 8.92. The van der Waals surface area contributed by atoms with Crippen molar-refractivity contribution in [3.8, 4) is 11.5 Å². The molecule has 44 heavy (non-hydrogen) atoms. The molecule has 2 atom stereocenters. The number of esters is 2. The largest absolute Gasteiger partial charge is 0.484 e. The minimum atomic E-state index is -1.12. The Morgan fingerprint density at radius 1 is 0.750 bits per heavy atom. The number of nitrogens with one attached hydrogen (secondary N) is 1. The molecule has 11 nitrogen and oxygen atoms in total. The van der Waals surface area contributed by atoms with Gasteiger partial charge in [0, 0.05) is 0 Å². The summed E-state index contributed by atoms with van der Waals surface area (Å²) < 4.78 is 27.4. The molecule has 1 saturated heterocycles. The van der Waals surface area contributed by atoms with Crippen LogP contribution in [0.15, 0.2) is 102 Å². The van der Waals surface area contributed by atoms with Gasteiger partial charge in [0.05, 0.1) is 6.61 Å². The van der Waals surface area contributed by atoms with Gasteiger partial charge in [0.15, 0.2) is 25.5 Å². The summed E-state index contributed by atoms with van der Waals surface area (Å²) in [6.07, 6.45) is -1.07. The molecule has 0 unspecified atom stereocenters. The Morgan fingerprint density at radius 3 is 1.91 bits per heavy atom. The number of benzene rings is 3. The summed E-state index contributed by atoms with van der Waals surface area (Å²) in [4.78, 5) is 52.4. The normalized spacial score (nSPS) is 15.4. The summed E-state index contributed by atoms with van der Waals surface area (Å²) in [5.74, 6) is -1.45. The van der Waals surface area contributed by atoms with Crippen LogP contribution in [0.1, 0.15) is 19.4 Å². The molecular weight excluding hydrogens is 568 g/mol. The first-order valence-corrected chi connectivity index (χ1v) is 14.0. The van der Waals surface area contributed by atoms with E-state index in [4.69, 9.17) is 23.7 Å². The summed E-state index contributed by atoms with van der Waals surface area (Å²) in [6.45, 7) is 2.40. The number of rotatable bonds is 15. The summed E-state index contributed by atoms with van der Waals surface area (Å²) in [5.41, 5.74) is 1.28. The quantitative estimate of drug-likeness (QED) is 0.120. The number of amides is 2. The second-order valence-electron chi connectivity index (χ2n) is 9.85. The smallest absolute Gasteiger partial charge is 0.355 e. The zero-order valence-electron chi connectivity index (χ0n) is 24.5. The highest BCUT2D eigenvalue weighted by Crippen LogP contribution is 2.29. The number of β-lactam (4-membered cyclic amide) rings is 1. The average Bonchev–Trinajstić information content (AvgIpc) is 3.05. The summed E-state index contributed by atoms with van der Waals surface area (Å²) in [5, 5.41) is 2.61. The first-order valence-electron chi connectivity index (χ1n) is 14.0. The molecule has 3 aromatic carbocycles. The molecular formula is C33H34N2O9. The van der Waals surface area contributed by atoms with E-state index in [0.29, 0.717) is 17.1 Å². The maximum atomic E-state index is 13.3. The van der Waals surface area contributed by atoms with Crippen LogP contribution in [0, 0.1) is 0 Å². The van der Waals surface area contributed by atoms with Crippen molar-refractivity contribution in [2.75, 3.05) is 26.4 Å². The predicted molar refractivity (Wildman–Crippen MR) is 158 cm³/mol. The van der Waals surface area contributed by atoms with Crippen molar-refractivity contribution >= 4 is 23.8 Å². The van der Waals surface area contributed by atoms with E-state index in [0.717, 1.165) is 10.5 Å². The van der Waals surface area contributed by atoms with Gasteiger partial charge in [0.25, 0.3) is 11.8 Å². The SMILES string of the molecule is CC(C)=C(C(=O)OCc1ccccc1)N1C(=O)[C@@H](NC(=O)COc2ccccc2)[C@@H]1OCCOC(=O)COc1ccccc1. The van der Waals surface area contributed by atoms with Gasteiger partial charge in [0.1, 0.15) is 30.4 Å². The van der Waals surface area contributed by atoms with Crippen molar-refractivity contribution in [3.05, 3.63) is 108 Å². The molecule has 0 bridgehead atoms. The van der Waals surface area contributed by atoms with Crippen molar-refractivity contribution in [1.29, 1.82) is 0 Å². The molecule has 1 heterocycles. The van der Waals surface area contributed by atoms with E-state index in [1.165, 1.54) is 0 Å². The molecule has 0 spiro atoms. The second kappa shape index (κ2) is 15.9. The fourth-order valence-electron chi connectivity index (χ4n) is 4.25. The molecule has 230 valence electrons. The van der Waals surface area contributed by atoms with Crippen LogP contribution in [0.4, 0.5) is 0 Å². The molecule has 0 radical (unpaired) electrons. The highest BCUT2D eigenvalue weighted by molar-refractivity contribution is 6.01. The lowest BCUT2D eigenvalue weighted by Crippen LogP contribution is -2.72. The zero-order valence-corrected chi connectivity index (χ0v) is 24.5. The van der Waals surface area contributed by atoms with Gasteiger partial charge in [0.2, 0.25) is 0 Å². The lowest BCUT2D eigenvalue weighted by atomic mass is 10.0. The Morgan fingerprint density at radius 2 is 1.32 bits per heavy atom. The Kier molecular flexibility index (Phi) is 11.5. The molecule has 11 heteroatoms. The van der Waals surface area contributed by atoms with Crippen molar-refractivity contribution in [2.24, 2.45) is 0 Å². The fourth-order valence-corrected chi connectivity index (χ4v) is 4.25. The van der Waals surface area contributed by atoms with Gasteiger partial charge in [-0.2, -0.15) is 0 Å². The van der Waals surface area contributed by atoms with E-state index in [-0.39, 0.29) is 38.7 Å². The molecule has 1 fully saturated rings. The number of allylic oxidation sites excluding steroid dienone is 1. The second-order valence-corrected chi connectivity index (χ2v) is 9.85. The van der Waals surface area contributed by atoms with Crippen LogP contribution in [0.2, 0.25) is 0 Å². The number of carbonyl (C=O) groups excluding carboxylic acids is 4. The number of hydrogen-bond acceptors (Lipinski definition) is 9. The Balaban J connectivity index is 1.37. The van der Waals surface area contributed by atoms with Gasteiger partial charge in [-0.3, -0.25) is 14.5 Å². The molecule has 1 N–H and O–H groups in total. The van der Waals surface area contributed by atoms with Crippen molar-refractivity contribution < 1.29 is 42.9 Å². The monoisotopic (exact) mass is 602 g/mol. The van der Waals surface area contributed by atoms with Crippen LogP contribution in [0.5, 0.6) is 11.5 Å². The predicted octanol–water partition coefficient (Wildman–Crippen LogP) is 3.39. The summed E-state index contributed by atoms with van der Waals surface area (Å²) in [6, 6.07) is 25.6. The molecule has 1 aliphatic rings. The Hall–Kier alpha value is -5.16.